The minimum atomic E-state index is -0.446. The minimum Gasteiger partial charge on any atom is -0.504 e. The molecular weight excluding hydrogens is 1780 g/mol. The van der Waals surface area contributed by atoms with Crippen molar-refractivity contribution in [3.8, 4) is 80.5 Å². The van der Waals surface area contributed by atoms with Crippen LogP contribution in [-0.2, 0) is 118 Å². The van der Waals surface area contributed by atoms with Gasteiger partial charge < -0.3 is 102 Å². The molecule has 0 heterocycles. The number of carbonyl (C=O) groups excluding carboxylic acids is 7. The fraction of sp³-hybridized carbons (Fsp3) is 0.505. The number of phenolic OH excluding ortho intramolecular Hbond substituents is 7. The van der Waals surface area contributed by atoms with E-state index in [0.29, 0.717) is 83.7 Å². The molecule has 9 rings (SSSR count). The summed E-state index contributed by atoms with van der Waals surface area (Å²) in [4.78, 5) is 82.6. The maximum absolute atomic E-state index is 12.3. The molecule has 768 valence electrons. The van der Waals surface area contributed by atoms with E-state index in [2.05, 4.69) is 60.6 Å². The first-order valence-electron chi connectivity index (χ1n) is 48.2. The molecule has 28 nitrogen and oxygen atoms in total. The first-order chi connectivity index (χ1) is 66.3. The van der Waals surface area contributed by atoms with Crippen molar-refractivity contribution in [1.82, 2.24) is 0 Å². The zero-order chi connectivity index (χ0) is 103. The first kappa shape index (κ1) is 120. The van der Waals surface area contributed by atoms with Crippen LogP contribution >= 0.6 is 0 Å². The lowest BCUT2D eigenvalue weighted by atomic mass is 9.75. The van der Waals surface area contributed by atoms with Crippen molar-refractivity contribution in [2.45, 2.75) is 274 Å². The average molecular weight is 1940 g/mol. The van der Waals surface area contributed by atoms with Gasteiger partial charge in [0.15, 0.2) is 80.5 Å². The maximum Gasteiger partial charge on any atom is 0.310 e. The second kappa shape index (κ2) is 67.5. The normalized spacial score (nSPS) is 13.4. The second-order valence-electron chi connectivity index (χ2n) is 35.2. The molecular formula is C111H156O28. The number of aromatic hydroxyl groups is 7. The molecule has 8 aromatic rings. The monoisotopic (exact) mass is 1940 g/mol. The number of unbranched alkanes of at least 4 members (excludes halogenated alkanes) is 6. The largest absolute Gasteiger partial charge is 0.504 e. The molecule has 1 saturated carbocycles. The number of methoxy groups -OCH3 is 7. The van der Waals surface area contributed by atoms with Gasteiger partial charge in [0, 0.05) is 0 Å². The van der Waals surface area contributed by atoms with Crippen LogP contribution in [0.2, 0.25) is 0 Å². The van der Waals surface area contributed by atoms with Crippen LogP contribution in [0.1, 0.15) is 244 Å². The van der Waals surface area contributed by atoms with E-state index in [4.69, 9.17) is 66.3 Å². The molecule has 1 fully saturated rings. The summed E-state index contributed by atoms with van der Waals surface area (Å²) in [6, 6.07) is 44.3. The quantitative estimate of drug-likeness (QED) is 0.0106. The van der Waals surface area contributed by atoms with E-state index in [0.717, 1.165) is 148 Å². The Labute approximate surface area is 823 Å². The van der Waals surface area contributed by atoms with Crippen molar-refractivity contribution in [2.75, 3.05) is 69.6 Å². The molecule has 6 unspecified atom stereocenters. The van der Waals surface area contributed by atoms with Crippen molar-refractivity contribution in [2.24, 2.45) is 23.7 Å². The standard InChI is InChI=1S/C19H28O4.C19H22O4.C16H24O4.C15H22O4.3C14H20O4/c1-12(2)15-7-5-13(3)9-17(15)23-19(21)11-14-6-8-16(20)18(10-14)22-4;1-22-18-13-16(10-11-17(18)20)14-19(21)23-12-6-5-9-15-7-3-2-4-8-15;1-4-5-6-7-12(2)20-16(18)11-13-8-9-14(17)15(10-13)19-3;1-4-5-6-11(2)19-15(17)10-12-7-8-13(16)14(9-12)18-3;1-5-14(2,3)18-13(16)9-10-6-7-11(15)12(8-10)17-4;1-4-10(2)9-18-14(16)8-11-5-6-12(15)13(7-11)17-3;1-3-4-5-8-18-14(16)10-11-6-7-12(15)13(9-11)17-2/h6,8,10,12-13,15,17,20H,5,7,9,11H2,1-4H3;2-4,7-8,10-11,13,20H,5-6,9,12,14H2,1H3;8-10,12,17H,4-7,11H2,1-3H3;7-9,11,16H,4-6,10H2,1-3H3;6-8,15H,5,9H2,1-4H3;5-7,10,15H,4,8-9H2,1-3H3;6-7,9,15H,3-5,8,10H2,1-2H3. The molecule has 1 aliphatic carbocycles. The molecule has 0 amide bonds. The van der Waals surface area contributed by atoms with Gasteiger partial charge in [-0.2, -0.15) is 0 Å². The summed E-state index contributed by atoms with van der Waals surface area (Å²) in [7, 11) is 10.3. The Bertz CT molecular complexity index is 4910. The van der Waals surface area contributed by atoms with Crippen LogP contribution in [-0.4, -0.2) is 171 Å². The molecule has 28 heteroatoms. The highest BCUT2D eigenvalue weighted by atomic mass is 16.6. The fourth-order valence-electron chi connectivity index (χ4n) is 14.0. The number of hydrogen-bond donors (Lipinski definition) is 7. The zero-order valence-corrected chi connectivity index (χ0v) is 85.6. The molecule has 0 saturated heterocycles. The summed E-state index contributed by atoms with van der Waals surface area (Å²) in [6.07, 6.45) is 19.5. The van der Waals surface area contributed by atoms with Crippen molar-refractivity contribution < 1.29 is 136 Å². The number of hydrogen-bond acceptors (Lipinski definition) is 28. The molecule has 1 aliphatic rings. The summed E-state index contributed by atoms with van der Waals surface area (Å²) in [5.41, 5.74) is 6.22. The molecule has 7 N–H and O–H groups in total. The topological polar surface area (TPSA) is 390 Å². The van der Waals surface area contributed by atoms with Crippen LogP contribution in [0.5, 0.6) is 80.5 Å². The number of phenols is 7. The van der Waals surface area contributed by atoms with Crippen molar-refractivity contribution in [3.05, 3.63) is 202 Å². The van der Waals surface area contributed by atoms with Crippen molar-refractivity contribution in [3.63, 3.8) is 0 Å². The molecule has 0 spiro atoms. The van der Waals surface area contributed by atoms with Gasteiger partial charge >= 0.3 is 41.8 Å². The van der Waals surface area contributed by atoms with Gasteiger partial charge in [-0.3, -0.25) is 33.6 Å². The lowest BCUT2D eigenvalue weighted by Crippen LogP contribution is -2.36. The smallest absolute Gasteiger partial charge is 0.310 e. The molecule has 8 aromatic carbocycles. The first-order valence-corrected chi connectivity index (χ1v) is 48.2. The van der Waals surface area contributed by atoms with Gasteiger partial charge in [-0.25, -0.2) is 0 Å². The summed E-state index contributed by atoms with van der Waals surface area (Å²) in [5, 5.41) is 66.4. The Balaban J connectivity index is 0.000000418. The number of benzene rings is 8. The molecule has 0 aliphatic heterocycles. The predicted octanol–water partition coefficient (Wildman–Crippen LogP) is 21.9. The summed E-state index contributed by atoms with van der Waals surface area (Å²) in [6.45, 7) is 28.0. The van der Waals surface area contributed by atoms with E-state index in [9.17, 15) is 69.3 Å². The highest BCUT2D eigenvalue weighted by Gasteiger charge is 2.34. The number of ether oxygens (including phenoxy) is 14. The zero-order valence-electron chi connectivity index (χ0n) is 85.6. The lowest BCUT2D eigenvalue weighted by molar-refractivity contribution is -0.156. The van der Waals surface area contributed by atoms with E-state index >= 15 is 0 Å². The molecule has 0 bridgehead atoms. The maximum atomic E-state index is 12.3. The summed E-state index contributed by atoms with van der Waals surface area (Å²) in [5.74, 6) is 3.20. The summed E-state index contributed by atoms with van der Waals surface area (Å²) < 4.78 is 72.4. The van der Waals surface area contributed by atoms with E-state index in [-0.39, 0.29) is 145 Å². The molecule has 0 radical (unpaired) electrons. The van der Waals surface area contributed by atoms with Crippen LogP contribution in [0.3, 0.4) is 0 Å². The third-order valence-corrected chi connectivity index (χ3v) is 22.7. The fourth-order valence-corrected chi connectivity index (χ4v) is 14.0. The van der Waals surface area contributed by atoms with E-state index in [1.165, 1.54) is 98.2 Å². The minimum absolute atomic E-state index is 0.0188. The Kier molecular flexibility index (Phi) is 58.5. The van der Waals surface area contributed by atoms with Crippen LogP contribution < -0.4 is 33.2 Å². The molecule has 139 heavy (non-hydrogen) atoms. The Morgan fingerprint density at radius 3 is 0.986 bits per heavy atom. The van der Waals surface area contributed by atoms with Gasteiger partial charge in [0.2, 0.25) is 0 Å². The Hall–Kier alpha value is -12.8. The van der Waals surface area contributed by atoms with Gasteiger partial charge in [0.05, 0.1) is 127 Å². The highest BCUT2D eigenvalue weighted by Crippen LogP contribution is 2.38. The van der Waals surface area contributed by atoms with E-state index in [1.807, 2.05) is 59.7 Å². The van der Waals surface area contributed by atoms with Crippen LogP contribution in [0.4, 0.5) is 0 Å². The highest BCUT2D eigenvalue weighted by molar-refractivity contribution is 5.77. The van der Waals surface area contributed by atoms with Gasteiger partial charge in [-0.1, -0.05) is 186 Å². The van der Waals surface area contributed by atoms with Crippen molar-refractivity contribution in [1.29, 1.82) is 0 Å². The lowest BCUT2D eigenvalue weighted by Gasteiger charge is -2.36. The van der Waals surface area contributed by atoms with E-state index < -0.39 is 5.60 Å². The average Bonchev–Trinajstić information content (AvgIpc) is 0.837. The van der Waals surface area contributed by atoms with Gasteiger partial charge in [0.1, 0.15) is 11.7 Å². The van der Waals surface area contributed by atoms with Crippen LogP contribution in [0.15, 0.2) is 158 Å². The third-order valence-electron chi connectivity index (χ3n) is 22.7. The third kappa shape index (κ3) is 49.9. The van der Waals surface area contributed by atoms with Gasteiger partial charge in [-0.05, 0) is 245 Å². The summed E-state index contributed by atoms with van der Waals surface area (Å²) >= 11 is 0. The number of carbonyl (C=O) groups is 7. The SMILES string of the molecule is CCC(C)(C)OC(=O)Cc1ccc(O)c(OC)c1.CCC(C)COC(=O)Cc1ccc(O)c(OC)c1.CCCCC(C)OC(=O)Cc1ccc(O)c(OC)c1.CCCCCC(C)OC(=O)Cc1ccc(O)c(OC)c1.CCCCCOC(=O)Cc1ccc(O)c(OC)c1.COc1cc(CC(=O)OC2CC(C)CCC2C(C)C)ccc1O.COc1cc(CC(=O)OCCCCc2ccccc2)ccc1O. The molecule has 0 aromatic heterocycles. The Morgan fingerprint density at radius 2 is 0.662 bits per heavy atom. The number of esters is 7. The van der Waals surface area contributed by atoms with Crippen LogP contribution in [0, 0.1) is 23.7 Å². The van der Waals surface area contributed by atoms with E-state index in [1.54, 1.807) is 91.0 Å². The number of rotatable bonds is 46. The van der Waals surface area contributed by atoms with Gasteiger partial charge in [-0.15, -0.1) is 0 Å². The molecule has 6 atom stereocenters. The second-order valence-corrected chi connectivity index (χ2v) is 35.2. The van der Waals surface area contributed by atoms with Gasteiger partial charge in [0.25, 0.3) is 0 Å². The predicted molar refractivity (Wildman–Crippen MR) is 536 cm³/mol. The number of aryl methyl sites for hydroxylation is 1. The van der Waals surface area contributed by atoms with Crippen LogP contribution in [0.25, 0.3) is 0 Å². The Morgan fingerprint density at radius 1 is 0.353 bits per heavy atom. The van der Waals surface area contributed by atoms with Crippen molar-refractivity contribution >= 4 is 41.8 Å².